The third-order valence-electron chi connectivity index (χ3n) is 5.77. The second-order valence-corrected chi connectivity index (χ2v) is 11.0. The van der Waals surface area contributed by atoms with E-state index in [2.05, 4.69) is 4.76 Å². The van der Waals surface area contributed by atoms with Crippen LogP contribution in [0.4, 0.5) is 9.59 Å². The minimum atomic E-state index is -4.34. The fourth-order valence-corrected chi connectivity index (χ4v) is 4.58. The van der Waals surface area contributed by atoms with Crippen LogP contribution in [-0.4, -0.2) is 89.0 Å². The Morgan fingerprint density at radius 2 is 1.18 bits per heavy atom. The minimum absolute atomic E-state index is 0.105. The Hall–Kier alpha value is -4.13. The number of unbranched alkanes of at least 4 members (excludes halogenated alkanes) is 1. The van der Waals surface area contributed by atoms with Crippen LogP contribution in [0.1, 0.15) is 30.9 Å². The fourth-order valence-electron chi connectivity index (χ4n) is 3.38. The molecule has 0 heterocycles. The number of benzene rings is 2. The van der Waals surface area contributed by atoms with Crippen molar-refractivity contribution in [1.82, 2.24) is 4.90 Å². The number of carbonyl (C=O) groups excluding carboxylic acids is 3. The summed E-state index contributed by atoms with van der Waals surface area (Å²) < 4.78 is 52.9. The number of nitrogens with zero attached hydrogens (tertiary/aromatic N) is 2. The van der Waals surface area contributed by atoms with Crippen molar-refractivity contribution in [3.63, 3.8) is 0 Å². The number of carbonyl (C=O) groups is 3. The van der Waals surface area contributed by atoms with Crippen LogP contribution in [0.5, 0.6) is 0 Å². The van der Waals surface area contributed by atoms with Crippen LogP contribution >= 0.6 is 7.75 Å². The van der Waals surface area contributed by atoms with E-state index in [9.17, 15) is 18.9 Å². The maximum Gasteiger partial charge on any atom is 0.508 e. The molecule has 0 unspecified atom stereocenters. The Kier molecular flexibility index (Phi) is 17.7. The van der Waals surface area contributed by atoms with Crippen molar-refractivity contribution < 1.29 is 51.7 Å². The van der Waals surface area contributed by atoms with Gasteiger partial charge in [0.2, 0.25) is 5.96 Å². The smallest absolute Gasteiger partial charge is 0.464 e. The number of esters is 1. The van der Waals surface area contributed by atoms with Crippen molar-refractivity contribution in [3.8, 4) is 0 Å². The lowest BCUT2D eigenvalue weighted by Crippen LogP contribution is -2.38. The Morgan fingerprint density at radius 3 is 1.64 bits per heavy atom. The number of ether oxygens (including phenoxy) is 5. The maximum absolute atomic E-state index is 13.4. The number of hydrogen-bond donors (Lipinski definition) is 1. The molecule has 0 aliphatic carbocycles. The van der Waals surface area contributed by atoms with E-state index in [0.29, 0.717) is 19.3 Å². The third kappa shape index (κ3) is 17.1. The zero-order chi connectivity index (χ0) is 32.8. The average molecular weight is 652 g/mol. The molecule has 15 heteroatoms. The zero-order valence-electron chi connectivity index (χ0n) is 25.7. The Labute approximate surface area is 263 Å². The van der Waals surface area contributed by atoms with Gasteiger partial charge in [-0.25, -0.2) is 14.2 Å². The van der Waals surface area contributed by atoms with Crippen molar-refractivity contribution in [1.29, 1.82) is 0 Å². The number of likely N-dealkylation sites (N-methyl/N-ethyl adjacent to an activating group) is 1. The molecule has 0 aliphatic heterocycles. The van der Waals surface area contributed by atoms with E-state index in [1.807, 2.05) is 67.6 Å². The molecule has 248 valence electrons. The van der Waals surface area contributed by atoms with E-state index >= 15 is 0 Å². The molecule has 2 aromatic carbocycles. The molecule has 2 rings (SSSR count). The molecule has 0 saturated carbocycles. The predicted molar refractivity (Wildman–Crippen MR) is 165 cm³/mol. The van der Waals surface area contributed by atoms with Gasteiger partial charge in [0.1, 0.15) is 19.8 Å². The molecular weight excluding hydrogens is 609 g/mol. The summed E-state index contributed by atoms with van der Waals surface area (Å²) in [5, 5.41) is 0. The number of rotatable bonds is 20. The molecule has 0 fully saturated rings. The molecular formula is C30H42N3O11P. The number of hydrogen-bond acceptors (Lipinski definition) is 11. The first kappa shape index (κ1) is 37.1. The highest BCUT2D eigenvalue weighted by molar-refractivity contribution is 7.52. The summed E-state index contributed by atoms with van der Waals surface area (Å²) >= 11 is 0. The van der Waals surface area contributed by atoms with Crippen LogP contribution in [0, 0.1) is 0 Å². The van der Waals surface area contributed by atoms with Crippen LogP contribution in [0.15, 0.2) is 65.4 Å². The molecule has 14 nitrogen and oxygen atoms in total. The summed E-state index contributed by atoms with van der Waals surface area (Å²) in [6, 6.07) is 18.9. The van der Waals surface area contributed by atoms with Gasteiger partial charge in [-0.3, -0.25) is 13.8 Å². The number of guanidine groups is 1. The molecule has 0 saturated heterocycles. The van der Waals surface area contributed by atoms with Crippen molar-refractivity contribution in [3.05, 3.63) is 71.8 Å². The zero-order valence-corrected chi connectivity index (χ0v) is 26.6. The second kappa shape index (κ2) is 21.6. The van der Waals surface area contributed by atoms with Crippen LogP contribution in [0.2, 0.25) is 0 Å². The highest BCUT2D eigenvalue weighted by atomic mass is 31.2. The van der Waals surface area contributed by atoms with E-state index in [4.69, 9.17) is 38.5 Å². The van der Waals surface area contributed by atoms with Gasteiger partial charge in [0.25, 0.3) is 0 Å². The van der Waals surface area contributed by atoms with Gasteiger partial charge in [0, 0.05) is 19.9 Å². The lowest BCUT2D eigenvalue weighted by Gasteiger charge is -2.20. The SMILES string of the molecule is CCCCOC(=O)CN(C)/C(N)=N/P(=O)(OCCOC(=O)OCCc1ccccc1)OCCOC(=O)OCCc1ccccc1. The van der Waals surface area contributed by atoms with Gasteiger partial charge in [-0.1, -0.05) is 74.0 Å². The summed E-state index contributed by atoms with van der Waals surface area (Å²) in [5.41, 5.74) is 7.93. The number of nitrogens with two attached hydrogens (primary N) is 1. The predicted octanol–water partition coefficient (Wildman–Crippen LogP) is 4.51. The van der Waals surface area contributed by atoms with E-state index in [0.717, 1.165) is 17.5 Å². The highest BCUT2D eigenvalue weighted by Crippen LogP contribution is 2.49. The van der Waals surface area contributed by atoms with Crippen LogP contribution in [0.3, 0.4) is 0 Å². The first-order chi connectivity index (χ1) is 21.7. The van der Waals surface area contributed by atoms with Gasteiger partial charge in [-0.2, -0.15) is 0 Å². The van der Waals surface area contributed by atoms with Gasteiger partial charge in [-0.05, 0) is 17.5 Å². The summed E-state index contributed by atoms with van der Waals surface area (Å²) in [4.78, 5) is 37.0. The molecule has 0 aliphatic rings. The Balaban J connectivity index is 1.84. The second-order valence-electron chi connectivity index (χ2n) is 9.39. The van der Waals surface area contributed by atoms with Crippen LogP contribution < -0.4 is 5.73 Å². The topological polar surface area (TPSA) is 175 Å². The van der Waals surface area contributed by atoms with Crippen LogP contribution in [0.25, 0.3) is 0 Å². The average Bonchev–Trinajstić information content (AvgIpc) is 3.02. The standard InChI is InChI=1S/C30H42N3O11P/c1-3-4-17-38-27(34)24-33(2)28(31)32-45(37,43-22-20-41-29(35)39-18-15-25-11-7-5-8-12-25)44-23-21-42-30(36)40-19-16-26-13-9-6-10-14-26/h5-14H,3-4,15-24H2,1-2H3,(H2,31,32,37). The summed E-state index contributed by atoms with van der Waals surface area (Å²) in [6.07, 6.45) is 0.704. The molecule has 45 heavy (non-hydrogen) atoms. The quantitative estimate of drug-likeness (QED) is 0.0529. The van der Waals surface area contributed by atoms with Crippen molar-refractivity contribution in [2.24, 2.45) is 10.5 Å². The summed E-state index contributed by atoms with van der Waals surface area (Å²) in [7, 11) is -2.90. The van der Waals surface area contributed by atoms with Gasteiger partial charge in [-0.15, -0.1) is 4.76 Å². The summed E-state index contributed by atoms with van der Waals surface area (Å²) in [5.74, 6) is -0.896. The summed E-state index contributed by atoms with van der Waals surface area (Å²) in [6.45, 7) is 0.695. The lowest BCUT2D eigenvalue weighted by atomic mass is 10.2. The van der Waals surface area contributed by atoms with Gasteiger partial charge in [0.05, 0.1) is 33.0 Å². The third-order valence-corrected chi connectivity index (χ3v) is 7.23. The largest absolute Gasteiger partial charge is 0.508 e. The van der Waals surface area contributed by atoms with Crippen molar-refractivity contribution in [2.45, 2.75) is 32.6 Å². The van der Waals surface area contributed by atoms with E-state index < -0.39 is 39.2 Å². The van der Waals surface area contributed by atoms with Crippen molar-refractivity contribution in [2.75, 3.05) is 59.8 Å². The first-order valence-electron chi connectivity index (χ1n) is 14.5. The lowest BCUT2D eigenvalue weighted by molar-refractivity contribution is -0.143. The molecule has 0 radical (unpaired) electrons. The Morgan fingerprint density at radius 1 is 0.711 bits per heavy atom. The Bertz CT molecular complexity index is 1160. The molecule has 0 aromatic heterocycles. The highest BCUT2D eigenvalue weighted by Gasteiger charge is 2.27. The van der Waals surface area contributed by atoms with E-state index in [1.54, 1.807) is 0 Å². The molecule has 2 aromatic rings. The normalized spacial score (nSPS) is 11.4. The van der Waals surface area contributed by atoms with E-state index in [-0.39, 0.29) is 45.5 Å². The minimum Gasteiger partial charge on any atom is -0.464 e. The molecule has 0 amide bonds. The molecule has 0 atom stereocenters. The van der Waals surface area contributed by atoms with E-state index in [1.165, 1.54) is 11.9 Å². The van der Waals surface area contributed by atoms with Gasteiger partial charge >= 0.3 is 26.0 Å². The van der Waals surface area contributed by atoms with Crippen LogP contribution in [-0.2, 0) is 54.9 Å². The fraction of sp³-hybridized carbons (Fsp3) is 0.467. The van der Waals surface area contributed by atoms with Gasteiger partial charge < -0.3 is 34.3 Å². The van der Waals surface area contributed by atoms with Crippen molar-refractivity contribution >= 4 is 32.0 Å². The molecule has 2 N–H and O–H groups in total. The van der Waals surface area contributed by atoms with Gasteiger partial charge in [0.15, 0.2) is 0 Å². The maximum atomic E-state index is 13.4. The molecule has 0 spiro atoms. The first-order valence-corrected chi connectivity index (χ1v) is 16.0. The monoisotopic (exact) mass is 651 g/mol. The molecule has 0 bridgehead atoms.